The first-order valence-electron chi connectivity index (χ1n) is 6.62. The summed E-state index contributed by atoms with van der Waals surface area (Å²) in [6.07, 6.45) is 3.54. The molecule has 21 heavy (non-hydrogen) atoms. The third kappa shape index (κ3) is 2.75. The summed E-state index contributed by atoms with van der Waals surface area (Å²) < 4.78 is 0. The molecule has 2 aromatic heterocycles. The largest absolute Gasteiger partial charge is 0.409 e. The van der Waals surface area contributed by atoms with Gasteiger partial charge in [-0.3, -0.25) is 0 Å². The molecule has 1 saturated heterocycles. The predicted molar refractivity (Wildman–Crippen MR) is 83.3 cm³/mol. The molecule has 7 nitrogen and oxygen atoms in total. The molecule has 0 unspecified atom stereocenters. The van der Waals surface area contributed by atoms with E-state index in [4.69, 9.17) is 10.9 Å². The lowest BCUT2D eigenvalue weighted by molar-refractivity contribution is 0.318. The summed E-state index contributed by atoms with van der Waals surface area (Å²) >= 11 is 1.65. The molecule has 0 bridgehead atoms. The van der Waals surface area contributed by atoms with Crippen molar-refractivity contribution in [2.24, 2.45) is 10.9 Å². The van der Waals surface area contributed by atoms with E-state index < -0.39 is 0 Å². The van der Waals surface area contributed by atoms with E-state index >= 15 is 0 Å². The molecule has 0 saturated carbocycles. The van der Waals surface area contributed by atoms with Crippen molar-refractivity contribution in [2.75, 3.05) is 36.0 Å². The molecule has 0 atom stereocenters. The van der Waals surface area contributed by atoms with Crippen molar-refractivity contribution in [2.45, 2.75) is 0 Å². The number of piperazine rings is 1. The van der Waals surface area contributed by atoms with E-state index in [0.717, 1.165) is 37.1 Å². The maximum atomic E-state index is 8.88. The van der Waals surface area contributed by atoms with E-state index in [0.29, 0.717) is 5.56 Å². The number of aromatic nitrogens is 2. The van der Waals surface area contributed by atoms with Crippen LogP contribution in [-0.2, 0) is 0 Å². The van der Waals surface area contributed by atoms with Gasteiger partial charge in [-0.25, -0.2) is 9.97 Å². The second-order valence-electron chi connectivity index (χ2n) is 4.65. The van der Waals surface area contributed by atoms with Crippen LogP contribution in [0.1, 0.15) is 5.56 Å². The van der Waals surface area contributed by atoms with Gasteiger partial charge in [-0.2, -0.15) is 0 Å². The second kappa shape index (κ2) is 5.96. The summed E-state index contributed by atoms with van der Waals surface area (Å²) in [5.41, 5.74) is 6.38. The second-order valence-corrected chi connectivity index (χ2v) is 5.52. The van der Waals surface area contributed by atoms with Gasteiger partial charge in [-0.15, -0.1) is 11.3 Å². The number of thiazole rings is 1. The molecule has 0 spiro atoms. The summed E-state index contributed by atoms with van der Waals surface area (Å²) in [4.78, 5) is 13.1. The SMILES string of the molecule is N/C(=N\O)c1cccnc1N1CCN(c2nccs2)CC1. The van der Waals surface area contributed by atoms with Crippen LogP contribution in [0, 0.1) is 0 Å². The van der Waals surface area contributed by atoms with Crippen LogP contribution in [0.4, 0.5) is 10.9 Å². The van der Waals surface area contributed by atoms with Gasteiger partial charge in [-0.1, -0.05) is 5.16 Å². The Morgan fingerprint density at radius 2 is 1.95 bits per heavy atom. The van der Waals surface area contributed by atoms with Crippen molar-refractivity contribution < 1.29 is 5.21 Å². The van der Waals surface area contributed by atoms with Crippen LogP contribution in [0.25, 0.3) is 0 Å². The number of nitrogens with zero attached hydrogens (tertiary/aromatic N) is 5. The average Bonchev–Trinajstić information content (AvgIpc) is 3.09. The fraction of sp³-hybridized carbons (Fsp3) is 0.308. The Labute approximate surface area is 126 Å². The molecule has 3 N–H and O–H groups in total. The van der Waals surface area contributed by atoms with Crippen LogP contribution in [0.15, 0.2) is 35.1 Å². The molecule has 3 rings (SSSR count). The van der Waals surface area contributed by atoms with Crippen LogP contribution in [0.3, 0.4) is 0 Å². The lowest BCUT2D eigenvalue weighted by Crippen LogP contribution is -2.47. The van der Waals surface area contributed by atoms with Crippen molar-refractivity contribution in [1.82, 2.24) is 9.97 Å². The van der Waals surface area contributed by atoms with Crippen LogP contribution < -0.4 is 15.5 Å². The fourth-order valence-electron chi connectivity index (χ4n) is 2.38. The van der Waals surface area contributed by atoms with Gasteiger partial charge in [0.15, 0.2) is 11.0 Å². The minimum Gasteiger partial charge on any atom is -0.409 e. The minimum absolute atomic E-state index is 0.0838. The van der Waals surface area contributed by atoms with Gasteiger partial charge in [0.05, 0.1) is 5.56 Å². The number of nitrogens with two attached hydrogens (primary N) is 1. The summed E-state index contributed by atoms with van der Waals surface area (Å²) in [6.45, 7) is 3.39. The Kier molecular flexibility index (Phi) is 3.87. The normalized spacial score (nSPS) is 16.3. The monoisotopic (exact) mass is 304 g/mol. The number of hydrogen-bond acceptors (Lipinski definition) is 7. The standard InChI is InChI=1S/C13H16N6OS/c14-11(17-20)10-2-1-3-15-12(10)18-5-7-19(8-6-18)13-16-4-9-21-13/h1-4,9,20H,5-8H2,(H2,14,17). The molecule has 0 radical (unpaired) electrons. The van der Waals surface area contributed by atoms with E-state index in [1.807, 2.05) is 17.6 Å². The molecule has 2 aromatic rings. The highest BCUT2D eigenvalue weighted by Crippen LogP contribution is 2.22. The molecular weight excluding hydrogens is 288 g/mol. The van der Waals surface area contributed by atoms with Gasteiger partial charge < -0.3 is 20.7 Å². The van der Waals surface area contributed by atoms with Gasteiger partial charge in [0.25, 0.3) is 0 Å². The molecule has 0 amide bonds. The van der Waals surface area contributed by atoms with Crippen LogP contribution in [-0.4, -0.2) is 47.2 Å². The van der Waals surface area contributed by atoms with E-state index in [2.05, 4.69) is 24.9 Å². The molecule has 0 aromatic carbocycles. The zero-order valence-corrected chi connectivity index (χ0v) is 12.2. The maximum absolute atomic E-state index is 8.88. The quantitative estimate of drug-likeness (QED) is 0.380. The van der Waals surface area contributed by atoms with E-state index in [9.17, 15) is 0 Å². The first-order chi connectivity index (χ1) is 10.3. The smallest absolute Gasteiger partial charge is 0.185 e. The van der Waals surface area contributed by atoms with Crippen LogP contribution >= 0.6 is 11.3 Å². The number of anilines is 2. The molecule has 8 heteroatoms. The topological polar surface area (TPSA) is 90.9 Å². The summed E-state index contributed by atoms with van der Waals surface area (Å²) in [7, 11) is 0. The van der Waals surface area contributed by atoms with Crippen molar-refractivity contribution in [3.63, 3.8) is 0 Å². The highest BCUT2D eigenvalue weighted by molar-refractivity contribution is 7.13. The number of rotatable bonds is 3. The van der Waals surface area contributed by atoms with Crippen molar-refractivity contribution in [3.05, 3.63) is 35.5 Å². The number of oxime groups is 1. The highest BCUT2D eigenvalue weighted by atomic mass is 32.1. The first-order valence-corrected chi connectivity index (χ1v) is 7.50. The number of hydrogen-bond donors (Lipinski definition) is 2. The lowest BCUT2D eigenvalue weighted by Gasteiger charge is -2.35. The van der Waals surface area contributed by atoms with E-state index in [1.54, 1.807) is 23.6 Å². The molecular formula is C13H16N6OS. The molecule has 3 heterocycles. The zero-order valence-electron chi connectivity index (χ0n) is 11.4. The molecule has 0 aliphatic carbocycles. The van der Waals surface area contributed by atoms with Gasteiger partial charge in [0.2, 0.25) is 0 Å². The van der Waals surface area contributed by atoms with Crippen LogP contribution in [0.2, 0.25) is 0 Å². The summed E-state index contributed by atoms with van der Waals surface area (Å²) in [6, 6.07) is 3.59. The Morgan fingerprint density at radius 1 is 1.19 bits per heavy atom. The zero-order chi connectivity index (χ0) is 14.7. The molecule has 1 aliphatic heterocycles. The number of amidine groups is 1. The third-order valence-electron chi connectivity index (χ3n) is 3.44. The highest BCUT2D eigenvalue weighted by Gasteiger charge is 2.22. The average molecular weight is 304 g/mol. The van der Waals surface area contributed by atoms with Crippen molar-refractivity contribution in [1.29, 1.82) is 0 Å². The van der Waals surface area contributed by atoms with E-state index in [1.165, 1.54) is 0 Å². The number of pyridine rings is 1. The Hall–Kier alpha value is -2.35. The molecule has 1 aliphatic rings. The molecule has 1 fully saturated rings. The third-order valence-corrected chi connectivity index (χ3v) is 4.27. The minimum atomic E-state index is 0.0838. The fourth-order valence-corrected chi connectivity index (χ4v) is 3.08. The predicted octanol–water partition coefficient (Wildman–Crippen LogP) is 0.959. The van der Waals surface area contributed by atoms with Gasteiger partial charge in [0, 0.05) is 44.0 Å². The van der Waals surface area contributed by atoms with Gasteiger partial charge in [-0.05, 0) is 12.1 Å². The Morgan fingerprint density at radius 3 is 2.62 bits per heavy atom. The van der Waals surface area contributed by atoms with Gasteiger partial charge >= 0.3 is 0 Å². The summed E-state index contributed by atoms with van der Waals surface area (Å²) in [5.74, 6) is 0.840. The lowest BCUT2D eigenvalue weighted by atomic mass is 10.2. The van der Waals surface area contributed by atoms with Crippen molar-refractivity contribution in [3.8, 4) is 0 Å². The first kappa shape index (κ1) is 13.6. The Bertz CT molecular complexity index is 621. The van der Waals surface area contributed by atoms with Crippen LogP contribution in [0.5, 0.6) is 0 Å². The molecule has 110 valence electrons. The maximum Gasteiger partial charge on any atom is 0.185 e. The summed E-state index contributed by atoms with van der Waals surface area (Å²) in [5, 5.41) is 15.0. The van der Waals surface area contributed by atoms with Crippen molar-refractivity contribution >= 4 is 28.1 Å². The van der Waals surface area contributed by atoms with Gasteiger partial charge in [0.1, 0.15) is 5.82 Å². The Balaban J connectivity index is 1.75. The van der Waals surface area contributed by atoms with E-state index in [-0.39, 0.29) is 5.84 Å².